The van der Waals surface area contributed by atoms with Gasteiger partial charge in [0, 0.05) is 0 Å². The van der Waals surface area contributed by atoms with Gasteiger partial charge in [0.05, 0.1) is 12.0 Å². The summed E-state index contributed by atoms with van der Waals surface area (Å²) >= 11 is 1.31. The van der Waals surface area contributed by atoms with E-state index >= 15 is 0 Å². The van der Waals surface area contributed by atoms with E-state index in [1.165, 1.54) is 11.8 Å². The first-order valence-corrected chi connectivity index (χ1v) is 5.20. The SMILES string of the molecule is CSC(=NCC(C)(C)C(N)=O)NC#N. The van der Waals surface area contributed by atoms with Gasteiger partial charge >= 0.3 is 0 Å². The zero-order chi connectivity index (χ0) is 11.2. The lowest BCUT2D eigenvalue weighted by atomic mass is 9.93. The molecule has 0 fully saturated rings. The molecule has 0 saturated heterocycles. The maximum atomic E-state index is 10.9. The van der Waals surface area contributed by atoms with Crippen molar-refractivity contribution >= 4 is 22.8 Å². The van der Waals surface area contributed by atoms with Crippen LogP contribution in [0.25, 0.3) is 0 Å². The fourth-order valence-corrected chi connectivity index (χ4v) is 0.892. The Morgan fingerprint density at radius 1 is 1.71 bits per heavy atom. The van der Waals surface area contributed by atoms with Crippen molar-refractivity contribution in [1.29, 1.82) is 5.26 Å². The van der Waals surface area contributed by atoms with Crippen LogP contribution in [-0.4, -0.2) is 23.9 Å². The van der Waals surface area contributed by atoms with Crippen LogP contribution in [-0.2, 0) is 4.79 Å². The Hall–Kier alpha value is -1.22. The molecule has 5 nitrogen and oxygen atoms in total. The monoisotopic (exact) mass is 214 g/mol. The molecule has 0 atom stereocenters. The van der Waals surface area contributed by atoms with Crippen LogP contribution in [0.3, 0.4) is 0 Å². The zero-order valence-electron chi connectivity index (χ0n) is 8.50. The number of amidine groups is 1. The third kappa shape index (κ3) is 4.14. The van der Waals surface area contributed by atoms with Crippen LogP contribution in [0, 0.1) is 16.9 Å². The number of aliphatic imine (C=N–C) groups is 1. The predicted octanol–water partition coefficient (Wildman–Crippen LogP) is 0.288. The van der Waals surface area contributed by atoms with Crippen LogP contribution in [0.1, 0.15) is 13.8 Å². The minimum atomic E-state index is -0.682. The molecule has 0 radical (unpaired) electrons. The van der Waals surface area contributed by atoms with Crippen molar-refractivity contribution in [2.75, 3.05) is 12.8 Å². The summed E-state index contributed by atoms with van der Waals surface area (Å²) in [5.41, 5.74) is 4.49. The highest BCUT2D eigenvalue weighted by Crippen LogP contribution is 2.14. The van der Waals surface area contributed by atoms with Crippen molar-refractivity contribution in [3.63, 3.8) is 0 Å². The van der Waals surface area contributed by atoms with E-state index < -0.39 is 11.3 Å². The molecule has 3 N–H and O–H groups in total. The first kappa shape index (κ1) is 12.8. The highest BCUT2D eigenvalue weighted by Gasteiger charge is 2.24. The smallest absolute Gasteiger partial charge is 0.224 e. The van der Waals surface area contributed by atoms with E-state index in [0.29, 0.717) is 5.17 Å². The summed E-state index contributed by atoms with van der Waals surface area (Å²) in [6.07, 6.45) is 3.56. The van der Waals surface area contributed by atoms with Crippen molar-refractivity contribution in [3.05, 3.63) is 0 Å². The van der Waals surface area contributed by atoms with Crippen molar-refractivity contribution in [2.24, 2.45) is 16.1 Å². The maximum Gasteiger partial charge on any atom is 0.224 e. The molecule has 6 heteroatoms. The van der Waals surface area contributed by atoms with Gasteiger partial charge in [-0.2, -0.15) is 5.26 Å². The maximum absolute atomic E-state index is 10.9. The normalized spacial score (nSPS) is 12.0. The van der Waals surface area contributed by atoms with Gasteiger partial charge in [0.1, 0.15) is 0 Å². The van der Waals surface area contributed by atoms with Crippen LogP contribution < -0.4 is 11.1 Å². The average Bonchev–Trinajstić information content (AvgIpc) is 2.12. The predicted molar refractivity (Wildman–Crippen MR) is 57.5 cm³/mol. The van der Waals surface area contributed by atoms with E-state index in [9.17, 15) is 4.79 Å². The number of thioether (sulfide) groups is 1. The number of hydrogen-bond donors (Lipinski definition) is 2. The topological polar surface area (TPSA) is 91.3 Å². The standard InChI is InChI=1S/C8H14N4OS/c1-8(2,6(10)13)4-11-7(14-3)12-5-9/h4H2,1-3H3,(H2,10,13)(H,11,12). The second-order valence-electron chi connectivity index (χ2n) is 3.31. The van der Waals surface area contributed by atoms with E-state index in [-0.39, 0.29) is 6.54 Å². The molecule has 0 aliphatic rings. The van der Waals surface area contributed by atoms with Gasteiger partial charge in [-0.15, -0.1) is 0 Å². The number of carbonyl (C=O) groups is 1. The Balaban J connectivity index is 4.39. The van der Waals surface area contributed by atoms with Crippen molar-refractivity contribution < 1.29 is 4.79 Å². The number of nitrogens with zero attached hydrogens (tertiary/aromatic N) is 2. The summed E-state index contributed by atoms with van der Waals surface area (Å²) in [4.78, 5) is 15.0. The number of nitrogens with two attached hydrogens (primary N) is 1. The van der Waals surface area contributed by atoms with Gasteiger partial charge in [0.25, 0.3) is 0 Å². The van der Waals surface area contributed by atoms with Crippen LogP contribution in [0.15, 0.2) is 4.99 Å². The third-order valence-electron chi connectivity index (χ3n) is 1.64. The van der Waals surface area contributed by atoms with Gasteiger partial charge in [-0.05, 0) is 20.1 Å². The molecular formula is C8H14N4OS. The number of hydrogen-bond acceptors (Lipinski definition) is 4. The molecular weight excluding hydrogens is 200 g/mol. The summed E-state index contributed by atoms with van der Waals surface area (Å²) in [6.45, 7) is 3.69. The Kier molecular flexibility index (Phi) is 5.02. The summed E-state index contributed by atoms with van der Waals surface area (Å²) < 4.78 is 0. The first-order valence-electron chi connectivity index (χ1n) is 3.97. The van der Waals surface area contributed by atoms with Gasteiger partial charge in [-0.25, -0.2) is 0 Å². The molecule has 0 aromatic rings. The summed E-state index contributed by atoms with van der Waals surface area (Å²) in [5, 5.41) is 11.3. The number of nitriles is 1. The fourth-order valence-electron chi connectivity index (χ4n) is 0.550. The molecule has 0 unspecified atom stereocenters. The summed E-state index contributed by atoms with van der Waals surface area (Å²) in [5.74, 6) is -0.404. The van der Waals surface area contributed by atoms with Crippen LogP contribution in [0.2, 0.25) is 0 Å². The van der Waals surface area contributed by atoms with E-state index in [0.717, 1.165) is 0 Å². The molecule has 14 heavy (non-hydrogen) atoms. The Bertz CT molecular complexity index is 280. The number of primary amides is 1. The lowest BCUT2D eigenvalue weighted by molar-refractivity contribution is -0.125. The molecule has 0 spiro atoms. The highest BCUT2D eigenvalue weighted by atomic mass is 32.2. The van der Waals surface area contributed by atoms with Crippen molar-refractivity contribution in [1.82, 2.24) is 5.32 Å². The van der Waals surface area contributed by atoms with Crippen LogP contribution >= 0.6 is 11.8 Å². The largest absolute Gasteiger partial charge is 0.369 e. The van der Waals surface area contributed by atoms with Crippen molar-refractivity contribution in [3.8, 4) is 6.19 Å². The third-order valence-corrected chi connectivity index (χ3v) is 2.26. The quantitative estimate of drug-likeness (QED) is 0.306. The van der Waals surface area contributed by atoms with E-state index in [1.807, 2.05) is 0 Å². The molecule has 0 heterocycles. The minimum absolute atomic E-state index is 0.271. The first-order chi connectivity index (χ1) is 6.44. The molecule has 0 aliphatic carbocycles. The number of rotatable bonds is 3. The van der Waals surface area contributed by atoms with E-state index in [2.05, 4.69) is 10.3 Å². The lowest BCUT2D eigenvalue weighted by Gasteiger charge is -2.17. The molecule has 0 aromatic heterocycles. The molecule has 0 aromatic carbocycles. The van der Waals surface area contributed by atoms with Gasteiger partial charge in [0.2, 0.25) is 5.91 Å². The number of carbonyl (C=O) groups excluding carboxylic acids is 1. The van der Waals surface area contributed by atoms with Gasteiger partial charge in [0.15, 0.2) is 11.4 Å². The highest BCUT2D eigenvalue weighted by molar-refractivity contribution is 8.13. The van der Waals surface area contributed by atoms with E-state index in [4.69, 9.17) is 11.0 Å². The van der Waals surface area contributed by atoms with Gasteiger partial charge in [-0.3, -0.25) is 15.1 Å². The second kappa shape index (κ2) is 5.50. The zero-order valence-corrected chi connectivity index (χ0v) is 9.31. The number of amides is 1. The van der Waals surface area contributed by atoms with E-state index in [1.54, 1.807) is 26.3 Å². The summed E-state index contributed by atoms with van der Waals surface area (Å²) in [7, 11) is 0. The molecule has 0 saturated carbocycles. The minimum Gasteiger partial charge on any atom is -0.369 e. The molecule has 0 rings (SSSR count). The Morgan fingerprint density at radius 2 is 2.29 bits per heavy atom. The van der Waals surface area contributed by atoms with Gasteiger partial charge < -0.3 is 5.73 Å². The summed E-state index contributed by atoms with van der Waals surface area (Å²) in [6, 6.07) is 0. The fraction of sp³-hybridized carbons (Fsp3) is 0.625. The molecule has 0 aliphatic heterocycles. The number of nitrogens with one attached hydrogen (secondary N) is 1. The Morgan fingerprint density at radius 3 is 2.64 bits per heavy atom. The van der Waals surface area contributed by atoms with Crippen LogP contribution in [0.5, 0.6) is 0 Å². The molecule has 78 valence electrons. The molecule has 1 amide bonds. The molecule has 0 bridgehead atoms. The van der Waals surface area contributed by atoms with Crippen molar-refractivity contribution in [2.45, 2.75) is 13.8 Å². The lowest BCUT2D eigenvalue weighted by Crippen LogP contribution is -2.34. The average molecular weight is 214 g/mol. The Labute approximate surface area is 87.8 Å². The van der Waals surface area contributed by atoms with Gasteiger partial charge in [-0.1, -0.05) is 11.8 Å². The van der Waals surface area contributed by atoms with Crippen LogP contribution in [0.4, 0.5) is 0 Å². The second-order valence-corrected chi connectivity index (χ2v) is 4.11.